The van der Waals surface area contributed by atoms with Crippen LogP contribution in [0, 0.1) is 23.2 Å². The number of fused-ring (bicyclic) bond motifs is 1. The number of aliphatic hydroxyl groups excluding tert-OH is 1. The molecule has 366 valence electrons. The van der Waals surface area contributed by atoms with E-state index in [-0.39, 0.29) is 24.7 Å². The van der Waals surface area contributed by atoms with Gasteiger partial charge < -0.3 is 39.9 Å². The summed E-state index contributed by atoms with van der Waals surface area (Å²) in [5.74, 6) is 5.01. The average molecular weight is 960 g/mol. The lowest BCUT2D eigenvalue weighted by atomic mass is 9.91. The first kappa shape index (κ1) is 48.3. The standard InChI is InChI=1S/C52H67ClN12O4/c1-2-39-34-59-65-47(28-48(61-50(39)65)64-20-4-3-5-43(64)18-25-66)55-30-38-6-13-49(56-31-38)68-26-19-36-14-21-62(22-15-36)35-37-16-23-63(24-17-37)52-57-32-41(33-58-52)51(67)60-42-8-11-44(12-9-42)69-45-10-7-40(29-54)46(53)27-45/h6-7,10,13,27-28,31-34,36-37,42-44,55,66H,2-5,8-9,11-12,14-26,30,35H2,1H3,(H,60,67). The summed E-state index contributed by atoms with van der Waals surface area (Å²) in [6, 6.07) is 13.7. The third-order valence-corrected chi connectivity index (χ3v) is 15.1. The Morgan fingerprint density at radius 1 is 0.884 bits per heavy atom. The summed E-state index contributed by atoms with van der Waals surface area (Å²) in [6.45, 7) is 9.75. The van der Waals surface area contributed by atoms with E-state index in [4.69, 9.17) is 31.3 Å². The van der Waals surface area contributed by atoms with Crippen LogP contribution >= 0.6 is 11.6 Å². The molecule has 3 aliphatic heterocycles. The highest BCUT2D eigenvalue weighted by molar-refractivity contribution is 6.31. The number of aliphatic hydroxyl groups is 1. The number of piperidine rings is 3. The van der Waals surface area contributed by atoms with Crippen LogP contribution in [0.4, 0.5) is 17.6 Å². The van der Waals surface area contributed by atoms with Gasteiger partial charge in [0.2, 0.25) is 11.8 Å². The van der Waals surface area contributed by atoms with Crippen molar-refractivity contribution in [3.8, 4) is 17.7 Å². The number of nitrogens with zero attached hydrogens (tertiary/aromatic N) is 10. The molecule has 1 aliphatic carbocycles. The largest absolute Gasteiger partial charge is 0.490 e. The Bertz CT molecular complexity index is 2490. The van der Waals surface area contributed by atoms with Gasteiger partial charge in [-0.05, 0) is 133 Å². The van der Waals surface area contributed by atoms with Gasteiger partial charge in [-0.25, -0.2) is 19.9 Å². The number of aromatic nitrogens is 6. The highest BCUT2D eigenvalue weighted by atomic mass is 35.5. The fourth-order valence-corrected chi connectivity index (χ4v) is 10.8. The van der Waals surface area contributed by atoms with E-state index in [9.17, 15) is 9.90 Å². The van der Waals surface area contributed by atoms with E-state index in [0.717, 1.165) is 138 Å². The van der Waals surface area contributed by atoms with Crippen LogP contribution in [-0.4, -0.2) is 116 Å². The molecular formula is C52H67ClN12O4. The van der Waals surface area contributed by atoms with Crippen molar-refractivity contribution < 1.29 is 19.4 Å². The van der Waals surface area contributed by atoms with Crippen molar-refractivity contribution in [2.45, 2.75) is 122 Å². The van der Waals surface area contributed by atoms with Crippen LogP contribution < -0.4 is 29.9 Å². The summed E-state index contributed by atoms with van der Waals surface area (Å²) < 4.78 is 14.2. The lowest BCUT2D eigenvalue weighted by Gasteiger charge is -2.37. The maximum absolute atomic E-state index is 13.1. The number of anilines is 3. The number of nitrogens with one attached hydrogen (secondary N) is 2. The number of likely N-dealkylation sites (tertiary alicyclic amines) is 1. The maximum Gasteiger partial charge on any atom is 0.254 e. The Morgan fingerprint density at radius 3 is 2.41 bits per heavy atom. The van der Waals surface area contributed by atoms with E-state index in [1.165, 1.54) is 19.3 Å². The van der Waals surface area contributed by atoms with Crippen molar-refractivity contribution in [3.63, 3.8) is 0 Å². The molecule has 0 spiro atoms. The number of nitriles is 1. The summed E-state index contributed by atoms with van der Waals surface area (Å²) in [5, 5.41) is 30.7. The van der Waals surface area contributed by atoms with Crippen LogP contribution in [-0.2, 0) is 13.0 Å². The molecule has 4 aliphatic rings. The van der Waals surface area contributed by atoms with Crippen molar-refractivity contribution in [2.75, 3.05) is 67.6 Å². The second-order valence-corrected chi connectivity index (χ2v) is 19.8. The minimum Gasteiger partial charge on any atom is -0.490 e. The van der Waals surface area contributed by atoms with E-state index in [1.54, 1.807) is 30.6 Å². The molecule has 5 aromatic rings. The van der Waals surface area contributed by atoms with E-state index in [0.29, 0.717) is 64.8 Å². The second kappa shape index (κ2) is 23.2. The lowest BCUT2D eigenvalue weighted by molar-refractivity contribution is 0.0893. The first-order valence-corrected chi connectivity index (χ1v) is 25.7. The van der Waals surface area contributed by atoms with Gasteiger partial charge in [0.05, 0.1) is 35.1 Å². The molecule has 1 saturated carbocycles. The van der Waals surface area contributed by atoms with Crippen molar-refractivity contribution in [1.82, 2.24) is 39.8 Å². The highest BCUT2D eigenvalue weighted by Crippen LogP contribution is 2.31. The molecule has 4 aromatic heterocycles. The third-order valence-electron chi connectivity index (χ3n) is 14.7. The fraction of sp³-hybridized carbons (Fsp3) is 0.558. The smallest absolute Gasteiger partial charge is 0.254 e. The quantitative estimate of drug-likeness (QED) is 0.0772. The summed E-state index contributed by atoms with van der Waals surface area (Å²) in [5.41, 5.74) is 3.96. The first-order valence-electron chi connectivity index (χ1n) is 25.4. The van der Waals surface area contributed by atoms with Gasteiger partial charge in [0.15, 0.2) is 5.65 Å². The number of ether oxygens (including phenoxy) is 2. The number of halogens is 1. The maximum atomic E-state index is 13.1. The number of benzene rings is 1. The van der Waals surface area contributed by atoms with Gasteiger partial charge in [-0.15, -0.1) is 0 Å². The van der Waals surface area contributed by atoms with Crippen LogP contribution in [0.1, 0.15) is 117 Å². The number of amides is 1. The molecule has 0 bridgehead atoms. The molecule has 1 amide bonds. The van der Waals surface area contributed by atoms with Crippen molar-refractivity contribution in [1.29, 1.82) is 5.26 Å². The van der Waals surface area contributed by atoms with E-state index < -0.39 is 0 Å². The van der Waals surface area contributed by atoms with E-state index >= 15 is 0 Å². The zero-order valence-electron chi connectivity index (χ0n) is 39.9. The molecule has 1 aromatic carbocycles. The summed E-state index contributed by atoms with van der Waals surface area (Å²) >= 11 is 6.17. The monoisotopic (exact) mass is 959 g/mol. The molecule has 3 N–H and O–H groups in total. The van der Waals surface area contributed by atoms with Crippen molar-refractivity contribution in [2.24, 2.45) is 11.8 Å². The van der Waals surface area contributed by atoms with E-state index in [1.807, 2.05) is 23.0 Å². The third kappa shape index (κ3) is 12.3. The topological polar surface area (TPSA) is 182 Å². The number of hydrogen-bond acceptors (Lipinski definition) is 14. The minimum atomic E-state index is -0.145. The number of carbonyl (C=O) groups is 1. The van der Waals surface area contributed by atoms with Gasteiger partial charge >= 0.3 is 0 Å². The van der Waals surface area contributed by atoms with Gasteiger partial charge in [0, 0.05) is 93.8 Å². The molecule has 0 radical (unpaired) electrons. The Balaban J connectivity index is 0.650. The van der Waals surface area contributed by atoms with Gasteiger partial charge in [-0.1, -0.05) is 24.6 Å². The predicted octanol–water partition coefficient (Wildman–Crippen LogP) is 7.87. The van der Waals surface area contributed by atoms with Crippen LogP contribution in [0.15, 0.2) is 61.2 Å². The van der Waals surface area contributed by atoms with Crippen LogP contribution in [0.2, 0.25) is 5.02 Å². The number of rotatable bonds is 18. The Hall–Kier alpha value is -5.76. The lowest BCUT2D eigenvalue weighted by Crippen LogP contribution is -2.42. The molecule has 4 fully saturated rings. The first-order chi connectivity index (χ1) is 33.8. The second-order valence-electron chi connectivity index (χ2n) is 19.4. The zero-order valence-corrected chi connectivity index (χ0v) is 40.7. The fourth-order valence-electron chi connectivity index (χ4n) is 10.6. The average Bonchev–Trinajstić information content (AvgIpc) is 3.81. The Kier molecular flexibility index (Phi) is 16.3. The van der Waals surface area contributed by atoms with Crippen molar-refractivity contribution >= 4 is 40.7 Å². The predicted molar refractivity (Wildman–Crippen MR) is 267 cm³/mol. The highest BCUT2D eigenvalue weighted by Gasteiger charge is 2.29. The number of carbonyl (C=O) groups excluding carboxylic acids is 1. The molecule has 1 unspecified atom stereocenters. The van der Waals surface area contributed by atoms with Gasteiger partial charge in [0.1, 0.15) is 23.5 Å². The number of aryl methyl sites for hydroxylation is 1. The van der Waals surface area contributed by atoms with Gasteiger partial charge in [0.25, 0.3) is 5.91 Å². The molecule has 7 heterocycles. The Labute approximate surface area is 410 Å². The molecule has 69 heavy (non-hydrogen) atoms. The number of hydrogen-bond donors (Lipinski definition) is 3. The Morgan fingerprint density at radius 2 is 1.68 bits per heavy atom. The molecule has 9 rings (SSSR count). The zero-order chi connectivity index (χ0) is 47.5. The van der Waals surface area contributed by atoms with Gasteiger partial charge in [-0.3, -0.25) is 4.79 Å². The normalized spacial score (nSPS) is 20.7. The summed E-state index contributed by atoms with van der Waals surface area (Å²) in [7, 11) is 0. The summed E-state index contributed by atoms with van der Waals surface area (Å²) in [6.07, 6.45) is 21.0. The SMILES string of the molecule is CCc1cnn2c(NCc3ccc(OCCC4CCN(CC5CCN(c6ncc(C(=O)NC7CCC(Oc8ccc(C#N)c(Cl)c8)CC7)cn6)CC5)CC4)nc3)cc(N3CCCCC3CCO)nc12. The molecule has 1 atom stereocenters. The van der Waals surface area contributed by atoms with Gasteiger partial charge in [-0.2, -0.15) is 14.9 Å². The van der Waals surface area contributed by atoms with Crippen LogP contribution in [0.5, 0.6) is 11.6 Å². The van der Waals surface area contributed by atoms with Crippen LogP contribution in [0.3, 0.4) is 0 Å². The number of pyridine rings is 1. The minimum absolute atomic E-state index is 0.0417. The molecule has 17 heteroatoms. The van der Waals surface area contributed by atoms with Crippen molar-refractivity contribution in [3.05, 3.63) is 88.5 Å². The molecule has 16 nitrogen and oxygen atoms in total. The summed E-state index contributed by atoms with van der Waals surface area (Å²) in [4.78, 5) is 39.3. The van der Waals surface area contributed by atoms with Crippen LogP contribution in [0.25, 0.3) is 5.65 Å². The molecule has 3 saturated heterocycles. The van der Waals surface area contributed by atoms with E-state index in [2.05, 4.69) is 70.5 Å². The molecular weight excluding hydrogens is 892 g/mol.